The summed E-state index contributed by atoms with van der Waals surface area (Å²) in [6.07, 6.45) is 3.37. The Morgan fingerprint density at radius 2 is 2.19 bits per heavy atom. The minimum absolute atomic E-state index is 0.00118. The summed E-state index contributed by atoms with van der Waals surface area (Å²) in [5, 5.41) is 13.9. The fourth-order valence-electron chi connectivity index (χ4n) is 1.37. The van der Waals surface area contributed by atoms with Crippen molar-refractivity contribution in [3.8, 4) is 0 Å². The van der Waals surface area contributed by atoms with Crippen LogP contribution in [-0.2, 0) is 0 Å². The van der Waals surface area contributed by atoms with Gasteiger partial charge in [-0.05, 0) is 28.8 Å². The van der Waals surface area contributed by atoms with Gasteiger partial charge < -0.3 is 5.32 Å². The molecule has 0 aromatic carbocycles. The molecule has 0 saturated heterocycles. The van der Waals surface area contributed by atoms with Crippen molar-refractivity contribution in [1.29, 1.82) is 0 Å². The smallest absolute Gasteiger partial charge is 0.312 e. The molecule has 1 rings (SSSR count). The Kier molecular flexibility index (Phi) is 4.67. The summed E-state index contributed by atoms with van der Waals surface area (Å²) in [4.78, 5) is 14.4. The van der Waals surface area contributed by atoms with E-state index in [1.54, 1.807) is 6.20 Å². The zero-order valence-electron chi connectivity index (χ0n) is 9.24. The lowest BCUT2D eigenvalue weighted by atomic mass is 10.2. The zero-order chi connectivity index (χ0) is 12.1. The Hall–Kier alpha value is -1.17. The number of anilines is 1. The molecule has 5 nitrogen and oxygen atoms in total. The van der Waals surface area contributed by atoms with Crippen LogP contribution in [0.3, 0.4) is 0 Å². The third-order valence-corrected chi connectivity index (χ3v) is 2.79. The molecule has 0 atom stereocenters. The second-order valence-corrected chi connectivity index (χ2v) is 4.35. The van der Waals surface area contributed by atoms with Crippen molar-refractivity contribution >= 4 is 27.4 Å². The van der Waals surface area contributed by atoms with Gasteiger partial charge in [0.25, 0.3) is 0 Å². The summed E-state index contributed by atoms with van der Waals surface area (Å²) in [6, 6.07) is 1.67. The van der Waals surface area contributed by atoms with Gasteiger partial charge in [-0.15, -0.1) is 0 Å². The maximum atomic E-state index is 10.8. The number of nitrogens with one attached hydrogen (secondary N) is 1. The summed E-state index contributed by atoms with van der Waals surface area (Å²) < 4.78 is 0.606. The van der Waals surface area contributed by atoms with E-state index in [4.69, 9.17) is 0 Å². The number of nitrogens with zero attached hydrogens (tertiary/aromatic N) is 2. The normalized spacial score (nSPS) is 10.5. The first-order chi connectivity index (χ1) is 7.58. The van der Waals surface area contributed by atoms with Crippen molar-refractivity contribution in [2.24, 2.45) is 0 Å². The zero-order valence-corrected chi connectivity index (χ0v) is 10.8. The SMILES string of the molecule is CCC(CC)Nc1ncc(Br)cc1[N+](=O)[O-]. The molecule has 0 radical (unpaired) electrons. The van der Waals surface area contributed by atoms with Crippen LogP contribution in [0.5, 0.6) is 0 Å². The Morgan fingerprint density at radius 3 is 2.69 bits per heavy atom. The lowest BCUT2D eigenvalue weighted by Gasteiger charge is -2.15. The molecular weight excluding hydrogens is 274 g/mol. The first-order valence-electron chi connectivity index (χ1n) is 5.14. The van der Waals surface area contributed by atoms with E-state index in [9.17, 15) is 10.1 Å². The van der Waals surface area contributed by atoms with Crippen LogP contribution in [0, 0.1) is 10.1 Å². The molecule has 0 unspecified atom stereocenters. The fraction of sp³-hybridized carbons (Fsp3) is 0.500. The Morgan fingerprint density at radius 1 is 1.56 bits per heavy atom. The van der Waals surface area contributed by atoms with Gasteiger partial charge in [0.1, 0.15) is 0 Å². The van der Waals surface area contributed by atoms with Crippen molar-refractivity contribution in [3.05, 3.63) is 26.9 Å². The predicted octanol–water partition coefficient (Wildman–Crippen LogP) is 3.35. The molecule has 88 valence electrons. The lowest BCUT2D eigenvalue weighted by Crippen LogP contribution is -2.18. The fourth-order valence-corrected chi connectivity index (χ4v) is 1.68. The Balaban J connectivity index is 2.98. The average molecular weight is 288 g/mol. The second-order valence-electron chi connectivity index (χ2n) is 3.44. The summed E-state index contributed by atoms with van der Waals surface area (Å²) in [7, 11) is 0. The Bertz CT molecular complexity index is 380. The average Bonchev–Trinajstić information content (AvgIpc) is 2.27. The summed E-state index contributed by atoms with van der Waals surface area (Å²) in [5.74, 6) is 0.335. The highest BCUT2D eigenvalue weighted by Crippen LogP contribution is 2.26. The third-order valence-electron chi connectivity index (χ3n) is 2.36. The highest BCUT2D eigenvalue weighted by molar-refractivity contribution is 9.10. The van der Waals surface area contributed by atoms with E-state index >= 15 is 0 Å². The van der Waals surface area contributed by atoms with Crippen LogP contribution in [-0.4, -0.2) is 15.9 Å². The van der Waals surface area contributed by atoms with Gasteiger partial charge in [0.15, 0.2) is 0 Å². The van der Waals surface area contributed by atoms with E-state index in [2.05, 4.69) is 26.2 Å². The topological polar surface area (TPSA) is 68.1 Å². The van der Waals surface area contributed by atoms with E-state index in [0.29, 0.717) is 10.3 Å². The molecule has 1 heterocycles. The number of rotatable bonds is 5. The molecule has 1 N–H and O–H groups in total. The number of pyridine rings is 1. The van der Waals surface area contributed by atoms with Crippen LogP contribution in [0.15, 0.2) is 16.7 Å². The summed E-state index contributed by atoms with van der Waals surface area (Å²) >= 11 is 3.17. The highest BCUT2D eigenvalue weighted by atomic mass is 79.9. The monoisotopic (exact) mass is 287 g/mol. The van der Waals surface area contributed by atoms with Gasteiger partial charge in [-0.25, -0.2) is 4.98 Å². The molecule has 0 aliphatic carbocycles. The number of halogens is 1. The van der Waals surface area contributed by atoms with E-state index in [1.807, 2.05) is 13.8 Å². The largest absolute Gasteiger partial charge is 0.362 e. The maximum Gasteiger partial charge on any atom is 0.312 e. The van der Waals surface area contributed by atoms with Crippen LogP contribution < -0.4 is 5.32 Å². The summed E-state index contributed by atoms with van der Waals surface area (Å²) in [5.41, 5.74) is 0.00118. The minimum atomic E-state index is -0.428. The predicted molar refractivity (Wildman–Crippen MR) is 66.6 cm³/mol. The first kappa shape index (κ1) is 12.9. The van der Waals surface area contributed by atoms with E-state index < -0.39 is 4.92 Å². The van der Waals surface area contributed by atoms with Crippen LogP contribution in [0.1, 0.15) is 26.7 Å². The van der Waals surface area contributed by atoms with Crippen molar-refractivity contribution < 1.29 is 4.92 Å². The lowest BCUT2D eigenvalue weighted by molar-refractivity contribution is -0.384. The third kappa shape index (κ3) is 3.16. The summed E-state index contributed by atoms with van der Waals surface area (Å²) in [6.45, 7) is 4.07. The number of hydrogen-bond donors (Lipinski definition) is 1. The molecule has 0 aliphatic rings. The van der Waals surface area contributed by atoms with Gasteiger partial charge >= 0.3 is 5.69 Å². The number of aromatic nitrogens is 1. The van der Waals surface area contributed by atoms with Crippen molar-refractivity contribution in [2.45, 2.75) is 32.7 Å². The molecule has 6 heteroatoms. The standard InChI is InChI=1S/C10H14BrN3O2/c1-3-8(4-2)13-10-9(14(15)16)5-7(11)6-12-10/h5-6,8H,3-4H2,1-2H3,(H,12,13). The van der Waals surface area contributed by atoms with Gasteiger partial charge in [-0.3, -0.25) is 10.1 Å². The van der Waals surface area contributed by atoms with Crippen molar-refractivity contribution in [3.63, 3.8) is 0 Å². The van der Waals surface area contributed by atoms with Crippen LogP contribution >= 0.6 is 15.9 Å². The van der Waals surface area contributed by atoms with Crippen LogP contribution in [0.2, 0.25) is 0 Å². The minimum Gasteiger partial charge on any atom is -0.362 e. The van der Waals surface area contributed by atoms with E-state index in [-0.39, 0.29) is 11.7 Å². The molecule has 16 heavy (non-hydrogen) atoms. The molecule has 1 aromatic heterocycles. The van der Waals surface area contributed by atoms with Crippen LogP contribution in [0.25, 0.3) is 0 Å². The first-order valence-corrected chi connectivity index (χ1v) is 5.94. The van der Waals surface area contributed by atoms with E-state index in [0.717, 1.165) is 12.8 Å². The van der Waals surface area contributed by atoms with Gasteiger partial charge in [0.05, 0.1) is 4.92 Å². The molecule has 0 amide bonds. The quantitative estimate of drug-likeness (QED) is 0.666. The molecule has 0 aliphatic heterocycles. The molecule has 0 spiro atoms. The number of hydrogen-bond acceptors (Lipinski definition) is 4. The molecule has 1 aromatic rings. The highest BCUT2D eigenvalue weighted by Gasteiger charge is 2.17. The molecule has 0 fully saturated rings. The maximum absolute atomic E-state index is 10.8. The van der Waals surface area contributed by atoms with Gasteiger partial charge in [-0.1, -0.05) is 13.8 Å². The molecule has 0 saturated carbocycles. The van der Waals surface area contributed by atoms with Crippen LogP contribution in [0.4, 0.5) is 11.5 Å². The second kappa shape index (κ2) is 5.79. The molecule has 0 bridgehead atoms. The molecular formula is C10H14BrN3O2. The Labute approximate surface area is 103 Å². The van der Waals surface area contributed by atoms with Crippen molar-refractivity contribution in [2.75, 3.05) is 5.32 Å². The van der Waals surface area contributed by atoms with Gasteiger partial charge in [-0.2, -0.15) is 0 Å². The van der Waals surface area contributed by atoms with E-state index in [1.165, 1.54) is 6.07 Å². The van der Waals surface area contributed by atoms with Gasteiger partial charge in [0.2, 0.25) is 5.82 Å². The van der Waals surface area contributed by atoms with Gasteiger partial charge in [0, 0.05) is 22.8 Å². The van der Waals surface area contributed by atoms with Crippen molar-refractivity contribution in [1.82, 2.24) is 4.98 Å². The number of nitro groups is 1.